The molecular formula is C8H13NSi. The van der Waals surface area contributed by atoms with Crippen LogP contribution in [0.4, 0.5) is 5.69 Å². The molecule has 0 atom stereocenters. The number of para-hydroxylation sites is 1. The summed E-state index contributed by atoms with van der Waals surface area (Å²) in [5, 5.41) is 3.36. The lowest BCUT2D eigenvalue weighted by Gasteiger charge is -2.01. The van der Waals surface area contributed by atoms with Crippen LogP contribution < -0.4 is 5.32 Å². The summed E-state index contributed by atoms with van der Waals surface area (Å²) in [5.74, 6) is 0. The summed E-state index contributed by atoms with van der Waals surface area (Å²) in [5.41, 5.74) is 1.25. The zero-order valence-electron chi connectivity index (χ0n) is 6.30. The maximum absolute atomic E-state index is 3.36. The van der Waals surface area contributed by atoms with Crippen molar-refractivity contribution in [2.75, 3.05) is 11.5 Å². The molecule has 0 aromatic heterocycles. The summed E-state index contributed by atoms with van der Waals surface area (Å²) in [6, 6.07) is 10.3. The van der Waals surface area contributed by atoms with E-state index in [1.54, 1.807) is 0 Å². The van der Waals surface area contributed by atoms with Crippen LogP contribution in [0.25, 0.3) is 0 Å². The topological polar surface area (TPSA) is 12.0 Å². The molecule has 1 aromatic rings. The molecule has 0 radical (unpaired) electrons. The third-order valence-electron chi connectivity index (χ3n) is 1.35. The molecule has 0 bridgehead atoms. The van der Waals surface area contributed by atoms with Crippen LogP contribution in [0, 0.1) is 0 Å². The van der Waals surface area contributed by atoms with E-state index in [2.05, 4.69) is 36.1 Å². The summed E-state index contributed by atoms with van der Waals surface area (Å²) in [6.07, 6.45) is 1.20. The van der Waals surface area contributed by atoms with Crippen LogP contribution in [-0.4, -0.2) is 15.7 Å². The van der Waals surface area contributed by atoms with Gasteiger partial charge in [0.15, 0.2) is 0 Å². The van der Waals surface area contributed by atoms with Crippen molar-refractivity contribution in [1.29, 1.82) is 0 Å². The Hall–Kier alpha value is -0.763. The summed E-state index contributed by atoms with van der Waals surface area (Å²) >= 11 is 0. The van der Waals surface area contributed by atoms with Crippen molar-refractivity contribution in [3.63, 3.8) is 0 Å². The molecule has 1 aromatic carbocycles. The van der Waals surface area contributed by atoms with E-state index in [4.69, 9.17) is 0 Å². The minimum Gasteiger partial charge on any atom is -0.389 e. The number of hydrogen-bond acceptors (Lipinski definition) is 1. The molecule has 0 fully saturated rings. The number of anilines is 1. The largest absolute Gasteiger partial charge is 0.389 e. The zero-order chi connectivity index (χ0) is 7.23. The second-order valence-corrected chi connectivity index (χ2v) is 3.79. The van der Waals surface area contributed by atoms with E-state index in [9.17, 15) is 0 Å². The number of benzene rings is 1. The lowest BCUT2D eigenvalue weighted by Crippen LogP contribution is -2.05. The van der Waals surface area contributed by atoms with Gasteiger partial charge in [0.1, 0.15) is 0 Å². The maximum Gasteiger partial charge on any atom is 0.0401 e. The van der Waals surface area contributed by atoms with Crippen LogP contribution in [0.1, 0.15) is 0 Å². The summed E-state index contributed by atoms with van der Waals surface area (Å²) in [7, 11) is 0.159. The Kier molecular flexibility index (Phi) is 3.02. The van der Waals surface area contributed by atoms with Crippen molar-refractivity contribution < 1.29 is 0 Å². The Morgan fingerprint density at radius 2 is 2.00 bits per heavy atom. The first-order chi connectivity index (χ1) is 4.93. The minimum absolute atomic E-state index is 0.159. The molecule has 1 nitrogen and oxygen atoms in total. The smallest absolute Gasteiger partial charge is 0.0401 e. The molecule has 0 aliphatic heterocycles. The van der Waals surface area contributed by atoms with Gasteiger partial charge in [-0.2, -0.15) is 0 Å². The van der Waals surface area contributed by atoms with Gasteiger partial charge in [0.25, 0.3) is 0 Å². The molecule has 10 heavy (non-hydrogen) atoms. The average molecular weight is 151 g/mol. The van der Waals surface area contributed by atoms with Gasteiger partial charge in [-0.15, -0.1) is 0 Å². The van der Waals surface area contributed by atoms with Crippen LogP contribution in [0.15, 0.2) is 30.3 Å². The second kappa shape index (κ2) is 4.12. The number of nitrogens with one attached hydrogen (secondary N) is 1. The first-order valence-electron chi connectivity index (χ1n) is 3.72. The predicted octanol–water partition coefficient (Wildman–Crippen LogP) is 1.27. The van der Waals surface area contributed by atoms with E-state index in [1.165, 1.54) is 11.9 Å². The van der Waals surface area contributed by atoms with Gasteiger partial charge in [0.05, 0.1) is 0 Å². The highest BCUT2D eigenvalue weighted by atomic mass is 28.2. The molecule has 1 N–H and O–H groups in total. The number of hydrogen-bond donors (Lipinski definition) is 1. The molecule has 0 saturated carbocycles. The molecular weight excluding hydrogens is 138 g/mol. The molecule has 0 unspecified atom stereocenters. The molecule has 0 amide bonds. The molecule has 0 aliphatic rings. The highest BCUT2D eigenvalue weighted by Crippen LogP contribution is 2.02. The quantitative estimate of drug-likeness (QED) is 0.642. The lowest BCUT2D eigenvalue weighted by atomic mass is 10.3. The number of rotatable bonds is 3. The molecule has 0 aliphatic carbocycles. The fraction of sp³-hybridized carbons (Fsp3) is 0.250. The van der Waals surface area contributed by atoms with Crippen molar-refractivity contribution in [2.45, 2.75) is 6.55 Å². The van der Waals surface area contributed by atoms with E-state index >= 15 is 0 Å². The van der Waals surface area contributed by atoms with Crippen LogP contribution in [-0.2, 0) is 0 Å². The van der Waals surface area contributed by atoms with Crippen molar-refractivity contribution >= 4 is 15.2 Å². The Morgan fingerprint density at radius 1 is 1.30 bits per heavy atom. The third kappa shape index (κ3) is 2.23. The molecule has 0 saturated heterocycles. The monoisotopic (exact) mass is 151 g/mol. The van der Waals surface area contributed by atoms with Gasteiger partial charge >= 0.3 is 0 Å². The van der Waals surface area contributed by atoms with Crippen molar-refractivity contribution in [2.24, 2.45) is 0 Å². The van der Waals surface area contributed by atoms with E-state index < -0.39 is 0 Å². The third-order valence-corrected chi connectivity index (χ3v) is 2.10. The maximum atomic E-state index is 3.36. The van der Waals surface area contributed by atoms with Crippen LogP contribution >= 0.6 is 0 Å². The molecule has 54 valence electrons. The lowest BCUT2D eigenvalue weighted by molar-refractivity contribution is 1.43. The van der Waals surface area contributed by atoms with Crippen LogP contribution in [0.5, 0.6) is 0 Å². The van der Waals surface area contributed by atoms with Crippen LogP contribution in [0.3, 0.4) is 0 Å². The Morgan fingerprint density at radius 3 is 2.60 bits per heavy atom. The first kappa shape index (κ1) is 7.35. The van der Waals surface area contributed by atoms with Crippen LogP contribution in [0.2, 0.25) is 6.55 Å². The van der Waals surface area contributed by atoms with Gasteiger partial charge in [-0.25, -0.2) is 0 Å². The standard InChI is InChI=1S/C8H13NSi/c1-10-7-9-8-5-3-2-4-6-8/h2-6,9H,7,10H2,1H3. The normalized spacial score (nSPS) is 10.5. The Bertz CT molecular complexity index is 174. The summed E-state index contributed by atoms with van der Waals surface area (Å²) in [4.78, 5) is 0. The van der Waals surface area contributed by atoms with Gasteiger partial charge in [0, 0.05) is 21.4 Å². The van der Waals surface area contributed by atoms with Crippen molar-refractivity contribution in [3.8, 4) is 0 Å². The second-order valence-electron chi connectivity index (χ2n) is 2.29. The molecule has 1 rings (SSSR count). The van der Waals surface area contributed by atoms with E-state index in [0.717, 1.165) is 0 Å². The average Bonchev–Trinajstić information content (AvgIpc) is 2.03. The predicted molar refractivity (Wildman–Crippen MR) is 49.3 cm³/mol. The molecule has 2 heteroatoms. The zero-order valence-corrected chi connectivity index (χ0v) is 7.72. The van der Waals surface area contributed by atoms with Gasteiger partial charge in [-0.05, 0) is 12.1 Å². The molecule has 0 spiro atoms. The fourth-order valence-electron chi connectivity index (χ4n) is 0.825. The van der Waals surface area contributed by atoms with E-state index in [-0.39, 0.29) is 9.52 Å². The van der Waals surface area contributed by atoms with Gasteiger partial charge in [-0.3, -0.25) is 0 Å². The Labute approximate surface area is 64.3 Å². The van der Waals surface area contributed by atoms with Crippen molar-refractivity contribution in [1.82, 2.24) is 0 Å². The van der Waals surface area contributed by atoms with Gasteiger partial charge < -0.3 is 5.32 Å². The van der Waals surface area contributed by atoms with E-state index in [1.807, 2.05) is 6.07 Å². The highest BCUT2D eigenvalue weighted by Gasteiger charge is 1.84. The van der Waals surface area contributed by atoms with Gasteiger partial charge in [-0.1, -0.05) is 24.7 Å². The highest BCUT2D eigenvalue weighted by molar-refractivity contribution is 6.34. The summed E-state index contributed by atoms with van der Waals surface area (Å²) < 4.78 is 0. The van der Waals surface area contributed by atoms with Gasteiger partial charge in [0.2, 0.25) is 0 Å². The minimum atomic E-state index is 0.159. The summed E-state index contributed by atoms with van der Waals surface area (Å²) in [6.45, 7) is 2.30. The van der Waals surface area contributed by atoms with E-state index in [0.29, 0.717) is 0 Å². The van der Waals surface area contributed by atoms with Crippen molar-refractivity contribution in [3.05, 3.63) is 30.3 Å². The Balaban J connectivity index is 2.43. The first-order valence-corrected chi connectivity index (χ1v) is 6.14. The molecule has 0 heterocycles. The fourth-order valence-corrected chi connectivity index (χ4v) is 1.36. The SMILES string of the molecule is C[SiH2]CNc1ccccc1.